The molecule has 0 heterocycles. The van der Waals surface area contributed by atoms with Crippen molar-refractivity contribution < 1.29 is 14.3 Å². The van der Waals surface area contributed by atoms with Gasteiger partial charge in [0.15, 0.2) is 0 Å². The molecule has 1 aromatic carbocycles. The van der Waals surface area contributed by atoms with Crippen LogP contribution in [-0.4, -0.2) is 11.1 Å². The van der Waals surface area contributed by atoms with Crippen LogP contribution < -0.4 is 0 Å². The molecule has 1 aliphatic rings. The van der Waals surface area contributed by atoms with Gasteiger partial charge in [0.1, 0.15) is 0 Å². The van der Waals surface area contributed by atoms with Gasteiger partial charge in [0.2, 0.25) is 5.83 Å². The first-order valence-corrected chi connectivity index (χ1v) is 4.86. The monoisotopic (exact) mass is 206 g/mol. The summed E-state index contributed by atoms with van der Waals surface area (Å²) in [4.78, 5) is 10.5. The quantitative estimate of drug-likeness (QED) is 0.717. The lowest BCUT2D eigenvalue weighted by Gasteiger charge is -2.18. The van der Waals surface area contributed by atoms with Crippen molar-refractivity contribution >= 4 is 5.97 Å². The zero-order valence-corrected chi connectivity index (χ0v) is 8.16. The Morgan fingerprint density at radius 3 is 2.53 bits per heavy atom. The Morgan fingerprint density at radius 2 is 1.87 bits per heavy atom. The standard InChI is InChI=1S/C12H11FO2/c13-11(12(14)15)10-6-5-8-3-1-2-4-9(8)7-10/h1-4H,5-7H2,(H,14,15)/b11-10+. The first-order valence-electron chi connectivity index (χ1n) is 4.86. The molecule has 0 saturated heterocycles. The van der Waals surface area contributed by atoms with Crippen LogP contribution in [0.3, 0.4) is 0 Å². The molecule has 0 fully saturated rings. The maximum Gasteiger partial charge on any atom is 0.364 e. The van der Waals surface area contributed by atoms with Crippen LogP contribution in [0, 0.1) is 0 Å². The fraction of sp³-hybridized carbons (Fsp3) is 0.250. The molecule has 0 aromatic heterocycles. The van der Waals surface area contributed by atoms with Crippen molar-refractivity contribution in [3.8, 4) is 0 Å². The third-order valence-corrected chi connectivity index (χ3v) is 2.72. The minimum absolute atomic E-state index is 0.404. The molecule has 2 nitrogen and oxygen atoms in total. The van der Waals surface area contributed by atoms with Crippen molar-refractivity contribution in [1.29, 1.82) is 0 Å². The van der Waals surface area contributed by atoms with Gasteiger partial charge in [-0.05, 0) is 36.0 Å². The van der Waals surface area contributed by atoms with Crippen molar-refractivity contribution in [2.24, 2.45) is 0 Å². The summed E-state index contributed by atoms with van der Waals surface area (Å²) in [6, 6.07) is 7.76. The SMILES string of the molecule is O=C(O)/C(F)=C1/CCc2ccccc2C1. The second-order valence-electron chi connectivity index (χ2n) is 3.67. The van der Waals surface area contributed by atoms with Gasteiger partial charge in [-0.2, -0.15) is 4.39 Å². The molecule has 1 aliphatic carbocycles. The number of fused-ring (bicyclic) bond motifs is 1. The summed E-state index contributed by atoms with van der Waals surface area (Å²) in [6.07, 6.45) is 1.66. The molecular weight excluding hydrogens is 195 g/mol. The molecule has 2 rings (SSSR count). The highest BCUT2D eigenvalue weighted by Gasteiger charge is 2.19. The highest BCUT2D eigenvalue weighted by atomic mass is 19.1. The molecule has 0 atom stereocenters. The Hall–Kier alpha value is -1.64. The van der Waals surface area contributed by atoms with Gasteiger partial charge in [0.05, 0.1) is 0 Å². The topological polar surface area (TPSA) is 37.3 Å². The molecular formula is C12H11FO2. The number of aryl methyl sites for hydroxylation is 1. The Balaban J connectivity index is 2.33. The summed E-state index contributed by atoms with van der Waals surface area (Å²) >= 11 is 0. The van der Waals surface area contributed by atoms with Crippen molar-refractivity contribution in [1.82, 2.24) is 0 Å². The average Bonchev–Trinajstić information content (AvgIpc) is 2.27. The van der Waals surface area contributed by atoms with E-state index in [9.17, 15) is 9.18 Å². The minimum Gasteiger partial charge on any atom is -0.476 e. The van der Waals surface area contributed by atoms with E-state index in [1.54, 1.807) is 0 Å². The predicted molar refractivity (Wildman–Crippen MR) is 54.2 cm³/mol. The number of carboxylic acid groups (broad SMARTS) is 1. The van der Waals surface area contributed by atoms with Crippen LogP contribution in [-0.2, 0) is 17.6 Å². The maximum atomic E-state index is 13.2. The van der Waals surface area contributed by atoms with E-state index in [0.717, 1.165) is 12.0 Å². The molecule has 0 saturated carbocycles. The number of aliphatic carboxylic acids is 1. The van der Waals surface area contributed by atoms with E-state index < -0.39 is 11.8 Å². The van der Waals surface area contributed by atoms with E-state index in [1.165, 1.54) is 5.56 Å². The molecule has 1 N–H and O–H groups in total. The van der Waals surface area contributed by atoms with E-state index in [-0.39, 0.29) is 0 Å². The number of hydrogen-bond acceptors (Lipinski definition) is 1. The van der Waals surface area contributed by atoms with Crippen molar-refractivity contribution in [3.63, 3.8) is 0 Å². The molecule has 0 spiro atoms. The smallest absolute Gasteiger partial charge is 0.364 e. The van der Waals surface area contributed by atoms with Gasteiger partial charge in [-0.3, -0.25) is 0 Å². The van der Waals surface area contributed by atoms with E-state index in [0.29, 0.717) is 18.4 Å². The van der Waals surface area contributed by atoms with Gasteiger partial charge in [0, 0.05) is 0 Å². The van der Waals surface area contributed by atoms with Crippen LogP contribution in [0.25, 0.3) is 0 Å². The molecule has 0 amide bonds. The van der Waals surface area contributed by atoms with Crippen LogP contribution in [0.2, 0.25) is 0 Å². The van der Waals surface area contributed by atoms with Gasteiger partial charge < -0.3 is 5.11 Å². The minimum atomic E-state index is -1.45. The van der Waals surface area contributed by atoms with Crippen molar-refractivity contribution in [2.75, 3.05) is 0 Å². The lowest BCUT2D eigenvalue weighted by atomic mass is 9.87. The van der Waals surface area contributed by atoms with Crippen molar-refractivity contribution in [2.45, 2.75) is 19.3 Å². The first-order chi connectivity index (χ1) is 7.18. The number of halogens is 1. The van der Waals surface area contributed by atoms with E-state index in [4.69, 9.17) is 5.11 Å². The van der Waals surface area contributed by atoms with Crippen LogP contribution in [0.15, 0.2) is 35.7 Å². The number of allylic oxidation sites excluding steroid dienone is 1. The van der Waals surface area contributed by atoms with Gasteiger partial charge in [0.25, 0.3) is 0 Å². The van der Waals surface area contributed by atoms with Gasteiger partial charge in [-0.15, -0.1) is 0 Å². The molecule has 0 aliphatic heterocycles. The fourth-order valence-electron chi connectivity index (χ4n) is 1.92. The Kier molecular flexibility index (Phi) is 2.54. The molecule has 15 heavy (non-hydrogen) atoms. The molecule has 0 radical (unpaired) electrons. The number of benzene rings is 1. The van der Waals surface area contributed by atoms with E-state index in [2.05, 4.69) is 0 Å². The second kappa shape index (κ2) is 3.85. The van der Waals surface area contributed by atoms with Crippen LogP contribution in [0.1, 0.15) is 17.5 Å². The van der Waals surface area contributed by atoms with E-state index >= 15 is 0 Å². The Labute approximate surface area is 87.0 Å². The maximum absolute atomic E-state index is 13.2. The number of rotatable bonds is 1. The summed E-state index contributed by atoms with van der Waals surface area (Å²) in [7, 11) is 0. The van der Waals surface area contributed by atoms with Gasteiger partial charge >= 0.3 is 5.97 Å². The third kappa shape index (κ3) is 1.91. The summed E-state index contributed by atoms with van der Waals surface area (Å²) in [5.74, 6) is -2.44. The number of hydrogen-bond donors (Lipinski definition) is 1. The summed E-state index contributed by atoms with van der Waals surface area (Å²) in [6.45, 7) is 0. The predicted octanol–water partition coefficient (Wildman–Crippen LogP) is 2.48. The summed E-state index contributed by atoms with van der Waals surface area (Å²) in [5.41, 5.74) is 2.63. The third-order valence-electron chi connectivity index (χ3n) is 2.72. The molecule has 3 heteroatoms. The normalized spacial score (nSPS) is 18.2. The Bertz CT molecular complexity index is 435. The number of carboxylic acids is 1. The highest BCUT2D eigenvalue weighted by molar-refractivity contribution is 5.85. The lowest BCUT2D eigenvalue weighted by Crippen LogP contribution is -2.09. The largest absolute Gasteiger partial charge is 0.476 e. The van der Waals surface area contributed by atoms with Gasteiger partial charge in [-0.25, -0.2) is 4.79 Å². The molecule has 78 valence electrons. The van der Waals surface area contributed by atoms with Crippen LogP contribution in [0.4, 0.5) is 4.39 Å². The fourth-order valence-corrected chi connectivity index (χ4v) is 1.92. The highest BCUT2D eigenvalue weighted by Crippen LogP contribution is 2.27. The van der Waals surface area contributed by atoms with Gasteiger partial charge in [-0.1, -0.05) is 24.3 Å². The first kappa shape index (κ1) is 9.90. The second-order valence-corrected chi connectivity index (χ2v) is 3.67. The Morgan fingerprint density at radius 1 is 1.20 bits per heavy atom. The lowest BCUT2D eigenvalue weighted by molar-refractivity contribution is -0.134. The van der Waals surface area contributed by atoms with Crippen LogP contribution in [0.5, 0.6) is 0 Å². The zero-order chi connectivity index (χ0) is 10.8. The average molecular weight is 206 g/mol. The zero-order valence-electron chi connectivity index (χ0n) is 8.16. The summed E-state index contributed by atoms with van der Waals surface area (Å²) < 4.78 is 13.2. The number of carbonyl (C=O) groups is 1. The molecule has 0 bridgehead atoms. The molecule has 1 aromatic rings. The van der Waals surface area contributed by atoms with Crippen LogP contribution >= 0.6 is 0 Å². The van der Waals surface area contributed by atoms with Crippen molar-refractivity contribution in [3.05, 3.63) is 46.8 Å². The van der Waals surface area contributed by atoms with E-state index in [1.807, 2.05) is 24.3 Å². The summed E-state index contributed by atoms with van der Waals surface area (Å²) in [5, 5.41) is 8.55. The molecule has 0 unspecified atom stereocenters.